The van der Waals surface area contributed by atoms with Gasteiger partial charge in [-0.15, -0.1) is 0 Å². The monoisotopic (exact) mass is 296 g/mol. The van der Waals surface area contributed by atoms with Crippen molar-refractivity contribution < 1.29 is 0 Å². The second-order valence-corrected chi connectivity index (χ2v) is 8.96. The van der Waals surface area contributed by atoms with E-state index in [1.807, 2.05) is 0 Å². The number of rotatable bonds is 5. The zero-order valence-electron chi connectivity index (χ0n) is 13.5. The molecule has 3 fully saturated rings. The quantitative estimate of drug-likeness (QED) is 0.837. The highest BCUT2D eigenvalue weighted by Gasteiger charge is 2.42. The lowest BCUT2D eigenvalue weighted by Crippen LogP contribution is -2.61. The van der Waals surface area contributed by atoms with Crippen molar-refractivity contribution in [2.24, 2.45) is 11.8 Å². The zero-order valence-corrected chi connectivity index (χ0v) is 14.3. The molecule has 2 aliphatic carbocycles. The van der Waals surface area contributed by atoms with E-state index in [9.17, 15) is 0 Å². The molecule has 0 spiro atoms. The van der Waals surface area contributed by atoms with E-state index in [4.69, 9.17) is 0 Å². The van der Waals surface area contributed by atoms with Gasteiger partial charge in [-0.1, -0.05) is 26.7 Å². The summed E-state index contributed by atoms with van der Waals surface area (Å²) in [7, 11) is 0. The van der Waals surface area contributed by atoms with Gasteiger partial charge in [-0.2, -0.15) is 11.8 Å². The molecule has 0 radical (unpaired) electrons. The number of piperazine rings is 1. The molecule has 1 saturated heterocycles. The molecule has 2 nitrogen and oxygen atoms in total. The van der Waals surface area contributed by atoms with Gasteiger partial charge in [-0.25, -0.2) is 0 Å². The van der Waals surface area contributed by atoms with Gasteiger partial charge in [0.05, 0.1) is 0 Å². The van der Waals surface area contributed by atoms with Crippen LogP contribution in [0.25, 0.3) is 0 Å². The van der Waals surface area contributed by atoms with E-state index in [0.29, 0.717) is 4.75 Å². The minimum Gasteiger partial charge on any atom is -0.311 e. The molecule has 0 aromatic carbocycles. The van der Waals surface area contributed by atoms with Crippen molar-refractivity contribution in [3.05, 3.63) is 0 Å². The molecule has 0 bridgehead atoms. The second-order valence-electron chi connectivity index (χ2n) is 7.69. The molecule has 116 valence electrons. The highest BCUT2D eigenvalue weighted by Crippen LogP contribution is 2.42. The average molecular weight is 297 g/mol. The van der Waals surface area contributed by atoms with Crippen molar-refractivity contribution >= 4 is 11.8 Å². The van der Waals surface area contributed by atoms with Gasteiger partial charge < -0.3 is 5.32 Å². The maximum atomic E-state index is 3.85. The van der Waals surface area contributed by atoms with Crippen LogP contribution < -0.4 is 5.32 Å². The summed E-state index contributed by atoms with van der Waals surface area (Å²) < 4.78 is 0.568. The summed E-state index contributed by atoms with van der Waals surface area (Å²) in [4.78, 5) is 2.87. The van der Waals surface area contributed by atoms with E-state index in [0.717, 1.165) is 23.9 Å². The number of nitrogens with one attached hydrogen (secondary N) is 1. The highest BCUT2D eigenvalue weighted by atomic mass is 32.2. The van der Waals surface area contributed by atoms with E-state index in [1.165, 1.54) is 58.2 Å². The standard InChI is InChI=1S/C17H32N2S/c1-13(2)16-10-18-15(14-6-7-14)11-19(16)12-17(20-3)8-4-5-9-17/h13-16,18H,4-12H2,1-3H3. The van der Waals surface area contributed by atoms with Gasteiger partial charge in [-0.05, 0) is 43.8 Å². The van der Waals surface area contributed by atoms with E-state index in [-0.39, 0.29) is 0 Å². The summed E-state index contributed by atoms with van der Waals surface area (Å²) in [6.07, 6.45) is 11.1. The van der Waals surface area contributed by atoms with E-state index >= 15 is 0 Å². The van der Waals surface area contributed by atoms with Gasteiger partial charge in [-0.3, -0.25) is 4.90 Å². The molecule has 1 N–H and O–H groups in total. The molecule has 0 aromatic heterocycles. The van der Waals surface area contributed by atoms with Gasteiger partial charge >= 0.3 is 0 Å². The van der Waals surface area contributed by atoms with E-state index < -0.39 is 0 Å². The van der Waals surface area contributed by atoms with Crippen LogP contribution in [0.5, 0.6) is 0 Å². The van der Waals surface area contributed by atoms with Crippen LogP contribution in [0.15, 0.2) is 0 Å². The Morgan fingerprint density at radius 1 is 1.25 bits per heavy atom. The van der Waals surface area contributed by atoms with Crippen molar-refractivity contribution in [2.45, 2.75) is 69.2 Å². The van der Waals surface area contributed by atoms with Crippen molar-refractivity contribution in [3.8, 4) is 0 Å². The van der Waals surface area contributed by atoms with Crippen molar-refractivity contribution in [1.82, 2.24) is 10.2 Å². The minimum atomic E-state index is 0.568. The Bertz CT molecular complexity index is 321. The van der Waals surface area contributed by atoms with Gasteiger partial charge in [0.2, 0.25) is 0 Å². The van der Waals surface area contributed by atoms with Crippen molar-refractivity contribution in [3.63, 3.8) is 0 Å². The summed E-state index contributed by atoms with van der Waals surface area (Å²) in [6, 6.07) is 1.53. The Morgan fingerprint density at radius 3 is 2.50 bits per heavy atom. The van der Waals surface area contributed by atoms with Crippen LogP contribution in [-0.2, 0) is 0 Å². The molecule has 1 aliphatic heterocycles. The molecule has 20 heavy (non-hydrogen) atoms. The SMILES string of the molecule is CSC1(CN2CC(C3CC3)NCC2C(C)C)CCCC1. The van der Waals surface area contributed by atoms with Crippen molar-refractivity contribution in [2.75, 3.05) is 25.9 Å². The molecule has 3 rings (SSSR count). The fourth-order valence-corrected chi connectivity index (χ4v) is 5.32. The first-order valence-electron chi connectivity index (χ1n) is 8.66. The van der Waals surface area contributed by atoms with Crippen molar-refractivity contribution in [1.29, 1.82) is 0 Å². The lowest BCUT2D eigenvalue weighted by Gasteiger charge is -2.46. The average Bonchev–Trinajstić information content (AvgIpc) is 3.19. The first-order valence-corrected chi connectivity index (χ1v) is 9.89. The van der Waals surface area contributed by atoms with Crippen LogP contribution in [-0.4, -0.2) is 47.6 Å². The fourth-order valence-electron chi connectivity index (χ4n) is 4.32. The Morgan fingerprint density at radius 2 is 1.95 bits per heavy atom. The summed E-state index contributed by atoms with van der Waals surface area (Å²) in [5, 5.41) is 3.85. The van der Waals surface area contributed by atoms with Gasteiger partial charge in [0.1, 0.15) is 0 Å². The maximum absolute atomic E-state index is 3.85. The summed E-state index contributed by atoms with van der Waals surface area (Å²) in [6.45, 7) is 8.65. The third-order valence-electron chi connectivity index (χ3n) is 5.89. The van der Waals surface area contributed by atoms with Gasteiger partial charge in [0, 0.05) is 36.5 Å². The van der Waals surface area contributed by atoms with Crippen LogP contribution in [0.3, 0.4) is 0 Å². The summed E-state index contributed by atoms with van der Waals surface area (Å²) in [5.41, 5.74) is 0. The highest BCUT2D eigenvalue weighted by molar-refractivity contribution is 8.00. The molecule has 2 unspecified atom stereocenters. The first-order chi connectivity index (χ1) is 9.63. The molecule has 3 heteroatoms. The molecule has 0 amide bonds. The maximum Gasteiger partial charge on any atom is 0.0284 e. The molecule has 2 saturated carbocycles. The van der Waals surface area contributed by atoms with E-state index in [1.54, 1.807) is 0 Å². The molecule has 3 aliphatic rings. The molecule has 1 heterocycles. The lowest BCUT2D eigenvalue weighted by molar-refractivity contribution is 0.0824. The fraction of sp³-hybridized carbons (Fsp3) is 1.00. The zero-order chi connectivity index (χ0) is 14.2. The topological polar surface area (TPSA) is 15.3 Å². The van der Waals surface area contributed by atoms with Crippen LogP contribution >= 0.6 is 11.8 Å². The van der Waals surface area contributed by atoms with Crippen LogP contribution in [0.2, 0.25) is 0 Å². The largest absolute Gasteiger partial charge is 0.311 e. The smallest absolute Gasteiger partial charge is 0.0284 e. The molecule has 2 atom stereocenters. The van der Waals surface area contributed by atoms with Gasteiger partial charge in [0.15, 0.2) is 0 Å². The Balaban J connectivity index is 1.68. The first kappa shape index (κ1) is 15.2. The summed E-state index contributed by atoms with van der Waals surface area (Å²) in [5.74, 6) is 1.75. The Kier molecular flexibility index (Phi) is 4.69. The summed E-state index contributed by atoms with van der Waals surface area (Å²) >= 11 is 2.15. The van der Waals surface area contributed by atoms with Crippen LogP contribution in [0.4, 0.5) is 0 Å². The van der Waals surface area contributed by atoms with Crippen LogP contribution in [0.1, 0.15) is 52.4 Å². The third-order valence-corrected chi connectivity index (χ3v) is 7.29. The number of hydrogen-bond acceptors (Lipinski definition) is 3. The van der Waals surface area contributed by atoms with Crippen LogP contribution in [0, 0.1) is 11.8 Å². The third kappa shape index (κ3) is 3.20. The molecular formula is C17H32N2S. The predicted octanol–water partition coefficient (Wildman–Crippen LogP) is 3.37. The predicted molar refractivity (Wildman–Crippen MR) is 89.4 cm³/mol. The molecule has 0 aromatic rings. The second kappa shape index (κ2) is 6.18. The Hall–Kier alpha value is 0.270. The van der Waals surface area contributed by atoms with E-state index in [2.05, 4.69) is 42.1 Å². The Labute approximate surface area is 129 Å². The molecular weight excluding hydrogens is 264 g/mol. The number of hydrogen-bond donors (Lipinski definition) is 1. The number of thioether (sulfide) groups is 1. The minimum absolute atomic E-state index is 0.568. The lowest BCUT2D eigenvalue weighted by atomic mass is 9.94. The van der Waals surface area contributed by atoms with Gasteiger partial charge in [0.25, 0.3) is 0 Å². The number of nitrogens with zero attached hydrogens (tertiary/aromatic N) is 1. The normalized spacial score (nSPS) is 34.8.